The summed E-state index contributed by atoms with van der Waals surface area (Å²) < 4.78 is 32.5. The highest BCUT2D eigenvalue weighted by molar-refractivity contribution is 7.92. The SMILES string of the molecule is COc1ccccc1Nc1sc(C(=O)c2ccc(C)cc2)c(N)c1S(=O)(=O)c1ccccc1. The van der Waals surface area contributed by atoms with E-state index in [0.29, 0.717) is 17.0 Å². The zero-order valence-electron chi connectivity index (χ0n) is 18.0. The van der Waals surface area contributed by atoms with Crippen molar-refractivity contribution in [1.29, 1.82) is 0 Å². The molecule has 0 amide bonds. The number of hydrogen-bond donors (Lipinski definition) is 2. The molecule has 168 valence electrons. The van der Waals surface area contributed by atoms with Crippen molar-refractivity contribution >= 4 is 43.3 Å². The Labute approximate surface area is 196 Å². The molecule has 1 heterocycles. The van der Waals surface area contributed by atoms with E-state index in [1.165, 1.54) is 19.2 Å². The average molecular weight is 479 g/mol. The molecule has 4 aromatic rings. The van der Waals surface area contributed by atoms with Gasteiger partial charge in [0.15, 0.2) is 0 Å². The van der Waals surface area contributed by atoms with Gasteiger partial charge in [-0.05, 0) is 31.2 Å². The Kier molecular flexibility index (Phi) is 6.22. The van der Waals surface area contributed by atoms with Crippen LogP contribution in [0.1, 0.15) is 20.8 Å². The van der Waals surface area contributed by atoms with Gasteiger partial charge in [0.25, 0.3) is 0 Å². The number of thiophene rings is 1. The van der Waals surface area contributed by atoms with Crippen LogP contribution in [0, 0.1) is 6.92 Å². The van der Waals surface area contributed by atoms with Gasteiger partial charge in [-0.2, -0.15) is 0 Å². The lowest BCUT2D eigenvalue weighted by Crippen LogP contribution is -2.08. The molecule has 8 heteroatoms. The number of nitrogens with one attached hydrogen (secondary N) is 1. The minimum atomic E-state index is -4.01. The van der Waals surface area contributed by atoms with Crippen molar-refractivity contribution in [2.45, 2.75) is 16.7 Å². The van der Waals surface area contributed by atoms with Crippen LogP contribution < -0.4 is 15.8 Å². The Morgan fingerprint density at radius 3 is 2.24 bits per heavy atom. The van der Waals surface area contributed by atoms with E-state index in [2.05, 4.69) is 5.32 Å². The molecule has 0 saturated carbocycles. The number of rotatable bonds is 7. The molecule has 1 aromatic heterocycles. The fourth-order valence-electron chi connectivity index (χ4n) is 3.37. The minimum Gasteiger partial charge on any atom is -0.495 e. The summed E-state index contributed by atoms with van der Waals surface area (Å²) in [5.41, 5.74) is 8.28. The first-order valence-electron chi connectivity index (χ1n) is 10.1. The van der Waals surface area contributed by atoms with Crippen LogP contribution in [0.15, 0.2) is 88.7 Å². The van der Waals surface area contributed by atoms with Crippen LogP contribution >= 0.6 is 11.3 Å². The number of anilines is 3. The number of nitrogen functional groups attached to an aromatic ring is 1. The summed E-state index contributed by atoms with van der Waals surface area (Å²) >= 11 is 1.01. The fourth-order valence-corrected chi connectivity index (χ4v) is 6.32. The van der Waals surface area contributed by atoms with Crippen molar-refractivity contribution < 1.29 is 17.9 Å². The van der Waals surface area contributed by atoms with Crippen molar-refractivity contribution in [3.8, 4) is 5.75 Å². The maximum atomic E-state index is 13.6. The monoisotopic (exact) mass is 478 g/mol. The maximum absolute atomic E-state index is 13.6. The van der Waals surface area contributed by atoms with Crippen LogP contribution in [0.2, 0.25) is 0 Å². The van der Waals surface area contributed by atoms with Gasteiger partial charge in [-0.3, -0.25) is 4.79 Å². The molecule has 6 nitrogen and oxygen atoms in total. The normalized spacial score (nSPS) is 11.2. The van der Waals surface area contributed by atoms with Crippen LogP contribution in [0.4, 0.5) is 16.4 Å². The first-order valence-corrected chi connectivity index (χ1v) is 12.4. The lowest BCUT2D eigenvalue weighted by atomic mass is 10.1. The maximum Gasteiger partial charge on any atom is 0.211 e. The van der Waals surface area contributed by atoms with Gasteiger partial charge in [-0.1, -0.05) is 60.2 Å². The van der Waals surface area contributed by atoms with Crippen LogP contribution in [-0.4, -0.2) is 21.3 Å². The molecule has 3 aromatic carbocycles. The molecular weight excluding hydrogens is 456 g/mol. The molecule has 4 rings (SSSR count). The minimum absolute atomic E-state index is 0.0770. The molecule has 0 unspecified atom stereocenters. The fraction of sp³-hybridized carbons (Fsp3) is 0.0800. The highest BCUT2D eigenvalue weighted by Crippen LogP contribution is 2.45. The zero-order valence-corrected chi connectivity index (χ0v) is 19.7. The Balaban J connectivity index is 1.90. The molecule has 3 N–H and O–H groups in total. The van der Waals surface area contributed by atoms with Gasteiger partial charge in [0.2, 0.25) is 15.6 Å². The number of benzene rings is 3. The highest BCUT2D eigenvalue weighted by Gasteiger charge is 2.31. The van der Waals surface area contributed by atoms with E-state index >= 15 is 0 Å². The van der Waals surface area contributed by atoms with Gasteiger partial charge >= 0.3 is 0 Å². The third kappa shape index (κ3) is 4.35. The zero-order chi connectivity index (χ0) is 23.6. The summed E-state index contributed by atoms with van der Waals surface area (Å²) in [5.74, 6) is 0.189. The van der Waals surface area contributed by atoms with Gasteiger partial charge < -0.3 is 15.8 Å². The van der Waals surface area contributed by atoms with Gasteiger partial charge in [0.05, 0.1) is 23.4 Å². The van der Waals surface area contributed by atoms with Gasteiger partial charge in [-0.15, -0.1) is 11.3 Å². The topological polar surface area (TPSA) is 98.5 Å². The van der Waals surface area contributed by atoms with E-state index in [1.54, 1.807) is 54.6 Å². The summed E-state index contributed by atoms with van der Waals surface area (Å²) in [6.45, 7) is 1.92. The summed E-state index contributed by atoms with van der Waals surface area (Å²) in [5, 5.41) is 3.37. The Morgan fingerprint density at radius 1 is 0.939 bits per heavy atom. The third-order valence-corrected chi connectivity index (χ3v) is 8.20. The van der Waals surface area contributed by atoms with E-state index in [-0.39, 0.29) is 31.1 Å². The van der Waals surface area contributed by atoms with E-state index < -0.39 is 9.84 Å². The van der Waals surface area contributed by atoms with Crippen molar-refractivity contribution in [3.05, 3.63) is 94.9 Å². The smallest absolute Gasteiger partial charge is 0.211 e. The lowest BCUT2D eigenvalue weighted by molar-refractivity contribution is 0.104. The number of ether oxygens (including phenoxy) is 1. The van der Waals surface area contributed by atoms with Gasteiger partial charge in [0, 0.05) is 5.56 Å². The number of hydrogen-bond acceptors (Lipinski definition) is 7. The number of ketones is 1. The van der Waals surface area contributed by atoms with Crippen LogP contribution in [-0.2, 0) is 9.84 Å². The Hall–Kier alpha value is -3.62. The van der Waals surface area contributed by atoms with Gasteiger partial charge in [-0.25, -0.2) is 8.42 Å². The molecule has 0 bridgehead atoms. The van der Waals surface area contributed by atoms with Crippen molar-refractivity contribution in [3.63, 3.8) is 0 Å². The second kappa shape index (κ2) is 9.09. The van der Waals surface area contributed by atoms with Crippen LogP contribution in [0.25, 0.3) is 0 Å². The van der Waals surface area contributed by atoms with Crippen molar-refractivity contribution in [2.24, 2.45) is 0 Å². The summed E-state index contributed by atoms with van der Waals surface area (Å²) in [4.78, 5) is 13.4. The van der Waals surface area contributed by atoms with E-state index in [0.717, 1.165) is 16.9 Å². The number of para-hydroxylation sites is 2. The number of carbonyl (C=O) groups excluding carboxylic acids is 1. The molecule has 0 aliphatic rings. The predicted octanol–water partition coefficient (Wildman–Crippen LogP) is 5.45. The summed E-state index contributed by atoms with van der Waals surface area (Å²) in [6, 6.07) is 22.2. The molecule has 0 radical (unpaired) electrons. The molecule has 0 atom stereocenters. The largest absolute Gasteiger partial charge is 0.495 e. The molecule has 0 spiro atoms. The molecular formula is C25H22N2O4S2. The molecule has 33 heavy (non-hydrogen) atoms. The third-order valence-electron chi connectivity index (χ3n) is 5.10. The van der Waals surface area contributed by atoms with E-state index in [9.17, 15) is 13.2 Å². The number of carbonyl (C=O) groups is 1. The second-order valence-electron chi connectivity index (χ2n) is 7.34. The summed E-state index contributed by atoms with van der Waals surface area (Å²) in [7, 11) is -2.49. The lowest BCUT2D eigenvalue weighted by Gasteiger charge is -2.12. The van der Waals surface area contributed by atoms with Crippen molar-refractivity contribution in [1.82, 2.24) is 0 Å². The van der Waals surface area contributed by atoms with Crippen molar-refractivity contribution in [2.75, 3.05) is 18.2 Å². The Morgan fingerprint density at radius 2 is 1.58 bits per heavy atom. The Bertz CT molecular complexity index is 1410. The number of nitrogens with two attached hydrogens (primary N) is 1. The highest BCUT2D eigenvalue weighted by atomic mass is 32.2. The summed E-state index contributed by atoms with van der Waals surface area (Å²) in [6.07, 6.45) is 0. The van der Waals surface area contributed by atoms with Crippen LogP contribution in [0.3, 0.4) is 0 Å². The van der Waals surface area contributed by atoms with E-state index in [4.69, 9.17) is 10.5 Å². The molecule has 0 aliphatic heterocycles. The second-order valence-corrected chi connectivity index (χ2v) is 10.2. The molecule has 0 fully saturated rings. The van der Waals surface area contributed by atoms with E-state index in [1.807, 2.05) is 19.1 Å². The first-order chi connectivity index (χ1) is 15.8. The number of sulfone groups is 1. The quantitative estimate of drug-likeness (QED) is 0.343. The average Bonchev–Trinajstić information content (AvgIpc) is 3.16. The molecule has 0 saturated heterocycles. The number of aryl methyl sites for hydroxylation is 1. The standard InChI is InChI=1S/C25H22N2O4S2/c1-16-12-14-17(15-13-16)22(28)23-21(26)24(33(29,30)18-8-4-3-5-9-18)25(32-23)27-19-10-6-7-11-20(19)31-2/h3-15,27H,26H2,1-2H3. The van der Waals surface area contributed by atoms with Crippen LogP contribution in [0.5, 0.6) is 5.75 Å². The van der Waals surface area contributed by atoms with Gasteiger partial charge in [0.1, 0.15) is 20.5 Å². The molecule has 0 aliphatic carbocycles. The first kappa shape index (κ1) is 22.6. The predicted molar refractivity (Wildman–Crippen MR) is 132 cm³/mol. The number of methoxy groups -OCH3 is 1.